The van der Waals surface area contributed by atoms with Crippen LogP contribution < -0.4 is 10.6 Å². The first-order chi connectivity index (χ1) is 15.5. The Kier molecular flexibility index (Phi) is 6.11. The standard InChI is InChI=1S/C23H22ClF3N4O2/c1-12-3-5-15(6-4-12)17-11-18(23(25,26)27)31-21(29-17)19(24)20(30-31)22(33)28-16-9-7-14(8-10-16)13(2)32/h3-10,13,17-18,29,32H,11H2,1-2H3,(H,28,33)/t13-,17+,18+/m1/s1. The van der Waals surface area contributed by atoms with Crippen molar-refractivity contribution >= 4 is 29.0 Å². The normalized spacial score (nSPS) is 18.9. The third kappa shape index (κ3) is 4.69. The fourth-order valence-electron chi connectivity index (χ4n) is 3.79. The molecule has 3 aromatic rings. The van der Waals surface area contributed by atoms with E-state index in [4.69, 9.17) is 11.6 Å². The number of benzene rings is 2. The van der Waals surface area contributed by atoms with Gasteiger partial charge >= 0.3 is 6.18 Å². The number of hydrogen-bond acceptors (Lipinski definition) is 4. The third-order valence-electron chi connectivity index (χ3n) is 5.64. The van der Waals surface area contributed by atoms with Crippen LogP contribution in [0, 0.1) is 6.92 Å². The maximum absolute atomic E-state index is 13.9. The maximum Gasteiger partial charge on any atom is 0.410 e. The van der Waals surface area contributed by atoms with Crippen molar-refractivity contribution in [2.24, 2.45) is 0 Å². The number of carbonyl (C=O) groups is 1. The molecule has 0 fully saturated rings. The largest absolute Gasteiger partial charge is 0.410 e. The second-order valence-corrected chi connectivity index (χ2v) is 8.49. The SMILES string of the molecule is Cc1ccc([C@@H]2C[C@@H](C(F)(F)F)n3nc(C(=O)Nc4ccc([C@@H](C)O)cc4)c(Cl)c3N2)cc1. The van der Waals surface area contributed by atoms with Crippen LogP contribution in [-0.4, -0.2) is 27.0 Å². The summed E-state index contributed by atoms with van der Waals surface area (Å²) in [7, 11) is 0. The van der Waals surface area contributed by atoms with E-state index in [0.29, 0.717) is 16.8 Å². The van der Waals surface area contributed by atoms with E-state index in [1.165, 1.54) is 0 Å². The number of aromatic nitrogens is 2. The lowest BCUT2D eigenvalue weighted by molar-refractivity contribution is -0.173. The Morgan fingerprint density at radius 2 is 1.85 bits per heavy atom. The number of halogens is 4. The molecule has 6 nitrogen and oxygen atoms in total. The molecule has 174 valence electrons. The number of amides is 1. The van der Waals surface area contributed by atoms with Crippen LogP contribution in [0.4, 0.5) is 24.7 Å². The van der Waals surface area contributed by atoms with E-state index < -0.39 is 30.3 Å². The van der Waals surface area contributed by atoms with E-state index in [0.717, 1.165) is 10.2 Å². The lowest BCUT2D eigenvalue weighted by Gasteiger charge is -2.33. The molecule has 0 radical (unpaired) electrons. The van der Waals surface area contributed by atoms with E-state index in [1.54, 1.807) is 43.3 Å². The highest BCUT2D eigenvalue weighted by Gasteiger charge is 2.47. The summed E-state index contributed by atoms with van der Waals surface area (Å²) in [5, 5.41) is 19.0. The molecule has 0 bridgehead atoms. The van der Waals surface area contributed by atoms with Crippen LogP contribution in [0.15, 0.2) is 48.5 Å². The highest BCUT2D eigenvalue weighted by Crippen LogP contribution is 2.46. The number of aliphatic hydroxyl groups excluding tert-OH is 1. The Morgan fingerprint density at radius 3 is 2.42 bits per heavy atom. The summed E-state index contributed by atoms with van der Waals surface area (Å²) in [4.78, 5) is 12.8. The fraction of sp³-hybridized carbons (Fsp3) is 0.304. The van der Waals surface area contributed by atoms with Gasteiger partial charge in [0.1, 0.15) is 10.8 Å². The first kappa shape index (κ1) is 23.1. The number of aliphatic hydroxyl groups is 1. The zero-order valence-electron chi connectivity index (χ0n) is 17.8. The fourth-order valence-corrected chi connectivity index (χ4v) is 4.05. The van der Waals surface area contributed by atoms with E-state index in [2.05, 4.69) is 15.7 Å². The van der Waals surface area contributed by atoms with E-state index in [-0.39, 0.29) is 23.0 Å². The van der Waals surface area contributed by atoms with Crippen molar-refractivity contribution in [2.75, 3.05) is 10.6 Å². The second kappa shape index (κ2) is 8.72. The summed E-state index contributed by atoms with van der Waals surface area (Å²) in [5.41, 5.74) is 2.41. The molecule has 1 amide bonds. The molecule has 0 spiro atoms. The van der Waals surface area contributed by atoms with Crippen LogP contribution in [0.1, 0.15) is 58.7 Å². The van der Waals surface area contributed by atoms with Crippen molar-refractivity contribution in [1.82, 2.24) is 9.78 Å². The summed E-state index contributed by atoms with van der Waals surface area (Å²) in [6, 6.07) is 11.0. The van der Waals surface area contributed by atoms with Crippen molar-refractivity contribution in [1.29, 1.82) is 0 Å². The van der Waals surface area contributed by atoms with Crippen molar-refractivity contribution in [3.63, 3.8) is 0 Å². The molecule has 4 rings (SSSR count). The summed E-state index contributed by atoms with van der Waals surface area (Å²) < 4.78 is 42.5. The molecule has 0 saturated heterocycles. The predicted molar refractivity (Wildman–Crippen MR) is 120 cm³/mol. The molecule has 0 aliphatic carbocycles. The molecular weight excluding hydrogens is 457 g/mol. The molecule has 33 heavy (non-hydrogen) atoms. The number of hydrogen-bond donors (Lipinski definition) is 3. The summed E-state index contributed by atoms with van der Waals surface area (Å²) in [6.45, 7) is 3.50. The van der Waals surface area contributed by atoms with Gasteiger partial charge in [-0.15, -0.1) is 0 Å². The Labute approximate surface area is 193 Å². The molecular formula is C23H22ClF3N4O2. The molecule has 0 saturated carbocycles. The van der Waals surface area contributed by atoms with Gasteiger partial charge in [-0.25, -0.2) is 4.68 Å². The number of alkyl halides is 3. The van der Waals surface area contributed by atoms with E-state index >= 15 is 0 Å². The number of nitrogens with zero attached hydrogens (tertiary/aromatic N) is 2. The number of nitrogens with one attached hydrogen (secondary N) is 2. The van der Waals surface area contributed by atoms with Gasteiger partial charge in [-0.1, -0.05) is 53.6 Å². The minimum absolute atomic E-state index is 0.0505. The molecule has 1 aliphatic heterocycles. The summed E-state index contributed by atoms with van der Waals surface area (Å²) in [5.74, 6) is -0.785. The zero-order valence-corrected chi connectivity index (χ0v) is 18.6. The van der Waals surface area contributed by atoms with Crippen LogP contribution in [-0.2, 0) is 0 Å². The lowest BCUT2D eigenvalue weighted by Crippen LogP contribution is -2.35. The van der Waals surface area contributed by atoms with Crippen molar-refractivity contribution in [2.45, 2.75) is 44.6 Å². The van der Waals surface area contributed by atoms with Gasteiger partial charge in [0.15, 0.2) is 11.7 Å². The number of aryl methyl sites for hydroxylation is 1. The van der Waals surface area contributed by atoms with Crippen LogP contribution in [0.25, 0.3) is 0 Å². The van der Waals surface area contributed by atoms with Crippen molar-refractivity contribution < 1.29 is 23.1 Å². The van der Waals surface area contributed by atoms with Crippen LogP contribution in [0.2, 0.25) is 5.02 Å². The van der Waals surface area contributed by atoms with Crippen LogP contribution in [0.3, 0.4) is 0 Å². The Bertz CT molecular complexity index is 1160. The number of fused-ring (bicyclic) bond motifs is 1. The molecule has 0 unspecified atom stereocenters. The number of carbonyl (C=O) groups excluding carboxylic acids is 1. The average Bonchev–Trinajstić information content (AvgIpc) is 3.10. The maximum atomic E-state index is 13.9. The van der Waals surface area contributed by atoms with Gasteiger partial charge in [0.2, 0.25) is 0 Å². The molecule has 2 aromatic carbocycles. The van der Waals surface area contributed by atoms with Crippen molar-refractivity contribution in [3.8, 4) is 0 Å². The van der Waals surface area contributed by atoms with Crippen LogP contribution >= 0.6 is 11.6 Å². The monoisotopic (exact) mass is 478 g/mol. The van der Waals surface area contributed by atoms with E-state index in [9.17, 15) is 23.1 Å². The summed E-state index contributed by atoms with van der Waals surface area (Å²) in [6.07, 6.45) is -5.55. The number of rotatable bonds is 4. The van der Waals surface area contributed by atoms with Gasteiger partial charge in [0, 0.05) is 12.1 Å². The highest BCUT2D eigenvalue weighted by molar-refractivity contribution is 6.36. The highest BCUT2D eigenvalue weighted by atomic mass is 35.5. The second-order valence-electron chi connectivity index (χ2n) is 8.11. The average molecular weight is 479 g/mol. The Balaban J connectivity index is 1.65. The first-order valence-electron chi connectivity index (χ1n) is 10.3. The topological polar surface area (TPSA) is 79.2 Å². The predicted octanol–water partition coefficient (Wildman–Crippen LogP) is 5.81. The molecule has 1 aromatic heterocycles. The molecule has 2 heterocycles. The van der Waals surface area contributed by atoms with Gasteiger partial charge in [-0.05, 0) is 37.1 Å². The van der Waals surface area contributed by atoms with E-state index in [1.807, 2.05) is 19.1 Å². The van der Waals surface area contributed by atoms with Gasteiger partial charge in [-0.2, -0.15) is 18.3 Å². The van der Waals surface area contributed by atoms with Gasteiger partial charge in [0.25, 0.3) is 5.91 Å². The smallest absolute Gasteiger partial charge is 0.389 e. The lowest BCUT2D eigenvalue weighted by atomic mass is 9.96. The molecule has 10 heteroatoms. The quantitative estimate of drug-likeness (QED) is 0.442. The minimum atomic E-state index is -4.58. The zero-order chi connectivity index (χ0) is 23.9. The van der Waals surface area contributed by atoms with Gasteiger partial charge in [0.05, 0.1) is 12.1 Å². The molecule has 1 aliphatic rings. The Morgan fingerprint density at radius 1 is 1.21 bits per heavy atom. The first-order valence-corrected chi connectivity index (χ1v) is 10.7. The minimum Gasteiger partial charge on any atom is -0.389 e. The molecule has 3 N–H and O–H groups in total. The van der Waals surface area contributed by atoms with Gasteiger partial charge in [-0.3, -0.25) is 4.79 Å². The van der Waals surface area contributed by atoms with Crippen LogP contribution in [0.5, 0.6) is 0 Å². The third-order valence-corrected chi connectivity index (χ3v) is 6.00. The summed E-state index contributed by atoms with van der Waals surface area (Å²) >= 11 is 6.36. The number of anilines is 2. The Hall–Kier alpha value is -3.04. The van der Waals surface area contributed by atoms with Crippen molar-refractivity contribution in [3.05, 3.63) is 75.9 Å². The molecule has 3 atom stereocenters. The van der Waals surface area contributed by atoms with Gasteiger partial charge < -0.3 is 15.7 Å².